The zero-order valence-electron chi connectivity index (χ0n) is 24.9. The van der Waals surface area contributed by atoms with E-state index in [9.17, 15) is 53.4 Å². The summed E-state index contributed by atoms with van der Waals surface area (Å²) in [7, 11) is 0. The topological polar surface area (TPSA) is 286 Å². The lowest BCUT2D eigenvalue weighted by atomic mass is 10.1. The van der Waals surface area contributed by atoms with Crippen LogP contribution in [0.25, 0.3) is 0 Å². The molecular weight excluding hydrogens is 646 g/mol. The molecule has 1 aromatic rings. The predicted molar refractivity (Wildman–Crippen MR) is 161 cm³/mol. The predicted octanol–water partition coefficient (Wildman–Crippen LogP) is -0.913. The summed E-state index contributed by atoms with van der Waals surface area (Å²) in [6.07, 6.45) is -0.885. The number of imide groups is 1. The van der Waals surface area contributed by atoms with Gasteiger partial charge in [-0.3, -0.25) is 28.9 Å². The van der Waals surface area contributed by atoms with Crippen molar-refractivity contribution in [3.05, 3.63) is 35.9 Å². The molecule has 4 atom stereocenters. The third kappa shape index (κ3) is 13.0. The van der Waals surface area contributed by atoms with Gasteiger partial charge in [0.1, 0.15) is 18.1 Å². The second kappa shape index (κ2) is 18.7. The summed E-state index contributed by atoms with van der Waals surface area (Å²) < 4.78 is 0. The Morgan fingerprint density at radius 3 is 2.00 bits per heavy atom. The lowest BCUT2D eigenvalue weighted by Crippen LogP contribution is -2.52. The summed E-state index contributed by atoms with van der Waals surface area (Å²) in [6, 6.07) is 2.45. The van der Waals surface area contributed by atoms with Gasteiger partial charge in [0.05, 0.1) is 11.8 Å². The van der Waals surface area contributed by atoms with Gasteiger partial charge in [-0.1, -0.05) is 18.2 Å². The zero-order valence-corrected chi connectivity index (χ0v) is 25.7. The van der Waals surface area contributed by atoms with Gasteiger partial charge in [0, 0.05) is 30.7 Å². The van der Waals surface area contributed by atoms with Crippen molar-refractivity contribution >= 4 is 65.3 Å². The minimum absolute atomic E-state index is 0.0326. The summed E-state index contributed by atoms with van der Waals surface area (Å²) in [5.74, 6) is -8.37. The highest BCUT2D eigenvalue weighted by atomic mass is 32.2. The van der Waals surface area contributed by atoms with Crippen LogP contribution in [0.3, 0.4) is 0 Å². The molecule has 1 aliphatic heterocycles. The maximum atomic E-state index is 12.8. The SMILES string of the molecule is O=C(O)CC[C@H](NC(=O)N[C@@H](CSC1CC(=O)N(CCCC[C@H](NC(=O)CNC(=O)c2ccccc2)C(=O)O)C1=O)C(=O)O)C(=O)O. The summed E-state index contributed by atoms with van der Waals surface area (Å²) in [6.45, 7) is -0.510. The first-order chi connectivity index (χ1) is 22.2. The minimum atomic E-state index is -1.59. The number of amides is 6. The lowest BCUT2D eigenvalue weighted by Gasteiger charge is -2.19. The third-order valence-electron chi connectivity index (χ3n) is 6.72. The van der Waals surface area contributed by atoms with Crippen LogP contribution in [0.1, 0.15) is 48.9 Å². The molecule has 1 aliphatic rings. The maximum Gasteiger partial charge on any atom is 0.327 e. The first-order valence-corrected chi connectivity index (χ1v) is 15.3. The number of nitrogens with zero attached hydrogens (tertiary/aromatic N) is 1. The smallest absolute Gasteiger partial charge is 0.327 e. The van der Waals surface area contributed by atoms with Crippen molar-refractivity contribution in [3.63, 3.8) is 0 Å². The van der Waals surface area contributed by atoms with Crippen LogP contribution in [-0.4, -0.2) is 121 Å². The summed E-state index contributed by atoms with van der Waals surface area (Å²) >= 11 is 0.793. The number of rotatable bonds is 20. The van der Waals surface area contributed by atoms with Crippen LogP contribution >= 0.6 is 11.8 Å². The number of unbranched alkanes of at least 4 members (excludes halogenated alkanes) is 1. The van der Waals surface area contributed by atoms with E-state index in [4.69, 9.17) is 10.2 Å². The molecular formula is C28H35N5O13S. The fourth-order valence-corrected chi connectivity index (χ4v) is 5.44. The second-order valence-corrected chi connectivity index (χ2v) is 11.5. The molecule has 1 fully saturated rings. The molecule has 0 bridgehead atoms. The number of hydrogen-bond donors (Lipinski definition) is 8. The van der Waals surface area contributed by atoms with E-state index in [1.807, 2.05) is 5.32 Å². The van der Waals surface area contributed by atoms with E-state index in [2.05, 4.69) is 16.0 Å². The van der Waals surface area contributed by atoms with Gasteiger partial charge in [0.25, 0.3) is 5.91 Å². The van der Waals surface area contributed by atoms with Gasteiger partial charge in [-0.05, 0) is 37.8 Å². The van der Waals surface area contributed by atoms with E-state index in [0.717, 1.165) is 16.7 Å². The number of urea groups is 1. The standard InChI is InChI=1S/C28H35N5O13S/c34-20(13-29-23(38)15-6-2-1-3-7-15)30-16(25(40)41)8-4-5-11-33-21(35)12-19(24(33)39)47-14-18(27(44)45)32-28(46)31-17(26(42)43)9-10-22(36)37/h1-3,6-7,16-19H,4-5,8-14H2,(H,29,38)(H,30,34)(H,36,37)(H,40,41)(H,42,43)(H,44,45)(H2,31,32,46)/t16-,17-,18-,19?/m0/s1. The van der Waals surface area contributed by atoms with Crippen molar-refractivity contribution in [2.45, 2.75) is 61.9 Å². The second-order valence-electron chi connectivity index (χ2n) is 10.2. The average Bonchev–Trinajstić information content (AvgIpc) is 3.28. The Morgan fingerprint density at radius 1 is 0.809 bits per heavy atom. The van der Waals surface area contributed by atoms with E-state index >= 15 is 0 Å². The van der Waals surface area contributed by atoms with Gasteiger partial charge in [-0.2, -0.15) is 0 Å². The monoisotopic (exact) mass is 681 g/mol. The van der Waals surface area contributed by atoms with Crippen LogP contribution in [0.4, 0.5) is 4.79 Å². The Morgan fingerprint density at radius 2 is 1.40 bits per heavy atom. The number of carbonyl (C=O) groups is 9. The largest absolute Gasteiger partial charge is 0.481 e. The number of nitrogens with one attached hydrogen (secondary N) is 4. The number of hydrogen-bond acceptors (Lipinski definition) is 10. The average molecular weight is 682 g/mol. The highest BCUT2D eigenvalue weighted by Crippen LogP contribution is 2.26. The summed E-state index contributed by atoms with van der Waals surface area (Å²) in [5.41, 5.74) is 0.324. The van der Waals surface area contributed by atoms with Gasteiger partial charge in [-0.15, -0.1) is 11.8 Å². The van der Waals surface area contributed by atoms with E-state index < -0.39 is 96.3 Å². The highest BCUT2D eigenvalue weighted by molar-refractivity contribution is 8.00. The number of likely N-dealkylation sites (tertiary alicyclic amines) is 1. The number of benzene rings is 1. The molecule has 1 heterocycles. The Hall–Kier alpha value is -5.20. The van der Waals surface area contributed by atoms with Crippen LogP contribution in [0.5, 0.6) is 0 Å². The number of aliphatic carboxylic acids is 4. The van der Waals surface area contributed by atoms with Crippen molar-refractivity contribution in [2.75, 3.05) is 18.8 Å². The van der Waals surface area contributed by atoms with Gasteiger partial charge >= 0.3 is 29.9 Å². The Kier molecular flexibility index (Phi) is 15.1. The van der Waals surface area contributed by atoms with Gasteiger partial charge in [-0.25, -0.2) is 19.2 Å². The first kappa shape index (κ1) is 38.0. The molecule has 0 aliphatic carbocycles. The third-order valence-corrected chi connectivity index (χ3v) is 8.02. The summed E-state index contributed by atoms with van der Waals surface area (Å²) in [5, 5.41) is 44.6. The first-order valence-electron chi connectivity index (χ1n) is 14.2. The molecule has 256 valence electrons. The molecule has 2 rings (SSSR count). The zero-order chi connectivity index (χ0) is 35.1. The van der Waals surface area contributed by atoms with E-state index in [0.29, 0.717) is 5.56 Å². The normalized spacial score (nSPS) is 16.0. The molecule has 1 unspecified atom stereocenters. The lowest BCUT2D eigenvalue weighted by molar-refractivity contribution is -0.142. The number of carbonyl (C=O) groups excluding carboxylic acids is 5. The van der Waals surface area contributed by atoms with E-state index in [-0.39, 0.29) is 38.0 Å². The van der Waals surface area contributed by atoms with Crippen molar-refractivity contribution in [1.82, 2.24) is 26.2 Å². The van der Waals surface area contributed by atoms with Crippen molar-refractivity contribution in [2.24, 2.45) is 0 Å². The van der Waals surface area contributed by atoms with Gasteiger partial charge < -0.3 is 41.7 Å². The molecule has 1 saturated heterocycles. The molecule has 1 aromatic carbocycles. The van der Waals surface area contributed by atoms with E-state index in [1.165, 1.54) is 0 Å². The molecule has 8 N–H and O–H groups in total. The quantitative estimate of drug-likeness (QED) is 0.0611. The Bertz CT molecular complexity index is 1360. The Balaban J connectivity index is 1.79. The maximum absolute atomic E-state index is 12.8. The highest BCUT2D eigenvalue weighted by Gasteiger charge is 2.39. The molecule has 6 amide bonds. The van der Waals surface area contributed by atoms with Crippen LogP contribution < -0.4 is 21.3 Å². The van der Waals surface area contributed by atoms with Crippen LogP contribution in [-0.2, 0) is 33.6 Å². The van der Waals surface area contributed by atoms with Crippen molar-refractivity contribution < 1.29 is 63.6 Å². The molecule has 0 radical (unpaired) electrons. The fourth-order valence-electron chi connectivity index (χ4n) is 4.26. The van der Waals surface area contributed by atoms with Crippen LogP contribution in [0.15, 0.2) is 30.3 Å². The molecule has 0 aromatic heterocycles. The minimum Gasteiger partial charge on any atom is -0.481 e. The van der Waals surface area contributed by atoms with Gasteiger partial charge in [0.15, 0.2) is 0 Å². The number of carboxylic acid groups (broad SMARTS) is 4. The van der Waals surface area contributed by atoms with Crippen molar-refractivity contribution in [1.29, 1.82) is 0 Å². The molecule has 0 spiro atoms. The van der Waals surface area contributed by atoms with E-state index in [1.54, 1.807) is 30.3 Å². The number of carboxylic acids is 4. The number of thioether (sulfide) groups is 1. The van der Waals surface area contributed by atoms with Crippen LogP contribution in [0.2, 0.25) is 0 Å². The summed E-state index contributed by atoms with van der Waals surface area (Å²) in [4.78, 5) is 108. The molecule has 19 heteroatoms. The molecule has 0 saturated carbocycles. The fraction of sp³-hybridized carbons (Fsp3) is 0.464. The molecule has 47 heavy (non-hydrogen) atoms. The van der Waals surface area contributed by atoms with Crippen molar-refractivity contribution in [3.8, 4) is 0 Å². The molecule has 18 nitrogen and oxygen atoms in total. The Labute approximate surface area is 271 Å². The van der Waals surface area contributed by atoms with Crippen LogP contribution in [0, 0.1) is 0 Å². The van der Waals surface area contributed by atoms with Gasteiger partial charge in [0.2, 0.25) is 17.7 Å².